The second kappa shape index (κ2) is 6.71. The highest BCUT2D eigenvalue weighted by atomic mass is 16.5. The zero-order valence-corrected chi connectivity index (χ0v) is 11.8. The first-order chi connectivity index (χ1) is 10.1. The van der Waals surface area contributed by atoms with Crippen LogP contribution in [0.1, 0.15) is 23.2 Å². The molecule has 6 heteroatoms. The van der Waals surface area contributed by atoms with Crippen molar-refractivity contribution in [2.75, 3.05) is 17.7 Å². The van der Waals surface area contributed by atoms with E-state index >= 15 is 0 Å². The summed E-state index contributed by atoms with van der Waals surface area (Å²) in [5.41, 5.74) is 1.28. The number of carbonyl (C=O) groups excluding carboxylic acids is 2. The molecule has 2 rings (SSSR count). The maximum absolute atomic E-state index is 12.0. The van der Waals surface area contributed by atoms with E-state index in [9.17, 15) is 9.59 Å². The van der Waals surface area contributed by atoms with Gasteiger partial charge < -0.3 is 19.8 Å². The molecule has 1 aromatic carbocycles. The van der Waals surface area contributed by atoms with E-state index in [2.05, 4.69) is 10.6 Å². The lowest BCUT2D eigenvalue weighted by molar-refractivity contribution is -0.114. The molecule has 0 aliphatic rings. The summed E-state index contributed by atoms with van der Waals surface area (Å²) in [7, 11) is 1.55. The van der Waals surface area contributed by atoms with Gasteiger partial charge in [0.2, 0.25) is 5.91 Å². The van der Waals surface area contributed by atoms with Crippen molar-refractivity contribution in [3.05, 3.63) is 47.9 Å². The standard InChI is InChI=1S/C15H16N2O4/c1-10(18)16-11-3-5-12(6-4-11)17-15(19)14-8-7-13(21-14)9-20-2/h3-8H,9H2,1-2H3,(H,16,18)(H,17,19). The molecule has 0 aliphatic heterocycles. The Balaban J connectivity index is 1.99. The number of hydrogen-bond donors (Lipinski definition) is 2. The third kappa shape index (κ3) is 4.19. The van der Waals surface area contributed by atoms with Gasteiger partial charge >= 0.3 is 0 Å². The summed E-state index contributed by atoms with van der Waals surface area (Å²) < 4.78 is 10.3. The highest BCUT2D eigenvalue weighted by molar-refractivity contribution is 6.02. The molecule has 0 aliphatic carbocycles. The number of methoxy groups -OCH3 is 1. The predicted octanol–water partition coefficient (Wildman–Crippen LogP) is 2.64. The number of carbonyl (C=O) groups is 2. The molecule has 21 heavy (non-hydrogen) atoms. The van der Waals surface area contributed by atoms with Gasteiger partial charge in [-0.3, -0.25) is 9.59 Å². The highest BCUT2D eigenvalue weighted by Crippen LogP contribution is 2.16. The molecular weight excluding hydrogens is 272 g/mol. The van der Waals surface area contributed by atoms with Crippen molar-refractivity contribution < 1.29 is 18.7 Å². The number of amides is 2. The van der Waals surface area contributed by atoms with Crippen LogP contribution in [0.15, 0.2) is 40.8 Å². The Morgan fingerprint density at radius 3 is 2.24 bits per heavy atom. The van der Waals surface area contributed by atoms with Crippen LogP contribution >= 0.6 is 0 Å². The molecule has 1 heterocycles. The number of furan rings is 1. The van der Waals surface area contributed by atoms with E-state index in [-0.39, 0.29) is 17.6 Å². The third-order valence-electron chi connectivity index (χ3n) is 2.64. The largest absolute Gasteiger partial charge is 0.453 e. The van der Waals surface area contributed by atoms with Crippen molar-refractivity contribution in [1.29, 1.82) is 0 Å². The van der Waals surface area contributed by atoms with Crippen LogP contribution in [-0.2, 0) is 16.1 Å². The van der Waals surface area contributed by atoms with E-state index in [1.807, 2.05) is 0 Å². The number of hydrogen-bond acceptors (Lipinski definition) is 4. The molecule has 2 aromatic rings. The summed E-state index contributed by atoms with van der Waals surface area (Å²) in [6.07, 6.45) is 0. The Hall–Kier alpha value is -2.60. The van der Waals surface area contributed by atoms with E-state index < -0.39 is 0 Å². The van der Waals surface area contributed by atoms with Crippen molar-refractivity contribution in [3.8, 4) is 0 Å². The first kappa shape index (κ1) is 14.8. The average Bonchev–Trinajstić information content (AvgIpc) is 2.89. The molecule has 0 spiro atoms. The van der Waals surface area contributed by atoms with Crippen molar-refractivity contribution >= 4 is 23.2 Å². The predicted molar refractivity (Wildman–Crippen MR) is 78.1 cm³/mol. The van der Waals surface area contributed by atoms with Crippen LogP contribution in [0.2, 0.25) is 0 Å². The van der Waals surface area contributed by atoms with Gasteiger partial charge in [0.25, 0.3) is 5.91 Å². The molecule has 2 amide bonds. The van der Waals surface area contributed by atoms with Crippen LogP contribution in [-0.4, -0.2) is 18.9 Å². The topological polar surface area (TPSA) is 80.6 Å². The Labute approximate surface area is 122 Å². The molecule has 0 saturated heterocycles. The van der Waals surface area contributed by atoms with Gasteiger partial charge in [0.05, 0.1) is 0 Å². The van der Waals surface area contributed by atoms with Crippen LogP contribution in [0.5, 0.6) is 0 Å². The number of ether oxygens (including phenoxy) is 1. The second-order valence-corrected chi connectivity index (χ2v) is 4.41. The minimum absolute atomic E-state index is 0.145. The first-order valence-electron chi connectivity index (χ1n) is 6.35. The van der Waals surface area contributed by atoms with Gasteiger partial charge in [-0.25, -0.2) is 0 Å². The van der Waals surface area contributed by atoms with Crippen LogP contribution in [0.4, 0.5) is 11.4 Å². The van der Waals surface area contributed by atoms with Gasteiger partial charge in [-0.05, 0) is 36.4 Å². The molecule has 110 valence electrons. The minimum Gasteiger partial charge on any atom is -0.453 e. The molecule has 1 aromatic heterocycles. The lowest BCUT2D eigenvalue weighted by Crippen LogP contribution is -2.11. The zero-order valence-electron chi connectivity index (χ0n) is 11.8. The molecule has 2 N–H and O–H groups in total. The minimum atomic E-state index is -0.343. The Kier molecular flexibility index (Phi) is 4.73. The second-order valence-electron chi connectivity index (χ2n) is 4.41. The lowest BCUT2D eigenvalue weighted by Gasteiger charge is -2.05. The molecule has 6 nitrogen and oxygen atoms in total. The fourth-order valence-electron chi connectivity index (χ4n) is 1.75. The van der Waals surface area contributed by atoms with Crippen LogP contribution in [0.3, 0.4) is 0 Å². The summed E-state index contributed by atoms with van der Waals surface area (Å²) in [5.74, 6) is 0.314. The molecule has 0 unspecified atom stereocenters. The smallest absolute Gasteiger partial charge is 0.291 e. The monoisotopic (exact) mass is 288 g/mol. The van der Waals surface area contributed by atoms with Crippen molar-refractivity contribution in [2.45, 2.75) is 13.5 Å². The maximum atomic E-state index is 12.0. The van der Waals surface area contributed by atoms with Gasteiger partial charge in [-0.2, -0.15) is 0 Å². The number of benzene rings is 1. The first-order valence-corrected chi connectivity index (χ1v) is 6.35. The maximum Gasteiger partial charge on any atom is 0.291 e. The summed E-state index contributed by atoms with van der Waals surface area (Å²) in [6, 6.07) is 10.1. The van der Waals surface area contributed by atoms with Crippen molar-refractivity contribution in [2.24, 2.45) is 0 Å². The fraction of sp³-hybridized carbons (Fsp3) is 0.200. The molecule has 0 fully saturated rings. The molecule has 0 atom stereocenters. The average molecular weight is 288 g/mol. The number of rotatable bonds is 5. The van der Waals surface area contributed by atoms with Crippen LogP contribution in [0, 0.1) is 0 Å². The van der Waals surface area contributed by atoms with E-state index in [1.165, 1.54) is 6.92 Å². The third-order valence-corrected chi connectivity index (χ3v) is 2.64. The van der Waals surface area contributed by atoms with E-state index in [0.29, 0.717) is 23.7 Å². The van der Waals surface area contributed by atoms with Gasteiger partial charge in [0, 0.05) is 25.4 Å². The summed E-state index contributed by atoms with van der Waals surface area (Å²) in [4.78, 5) is 22.9. The number of anilines is 2. The summed E-state index contributed by atoms with van der Waals surface area (Å²) in [5, 5.41) is 5.36. The van der Waals surface area contributed by atoms with Gasteiger partial charge in [0.15, 0.2) is 5.76 Å². The molecule has 0 bridgehead atoms. The summed E-state index contributed by atoms with van der Waals surface area (Å²) in [6.45, 7) is 1.75. The Morgan fingerprint density at radius 1 is 1.05 bits per heavy atom. The molecule has 0 saturated carbocycles. The van der Waals surface area contributed by atoms with Gasteiger partial charge in [-0.15, -0.1) is 0 Å². The van der Waals surface area contributed by atoms with E-state index in [4.69, 9.17) is 9.15 Å². The van der Waals surface area contributed by atoms with E-state index in [0.717, 1.165) is 0 Å². The zero-order chi connectivity index (χ0) is 15.2. The number of nitrogens with one attached hydrogen (secondary N) is 2. The highest BCUT2D eigenvalue weighted by Gasteiger charge is 2.11. The van der Waals surface area contributed by atoms with Crippen molar-refractivity contribution in [3.63, 3.8) is 0 Å². The Bertz CT molecular complexity index is 631. The quantitative estimate of drug-likeness (QED) is 0.886. The summed E-state index contributed by atoms with van der Waals surface area (Å²) >= 11 is 0. The Morgan fingerprint density at radius 2 is 1.67 bits per heavy atom. The van der Waals surface area contributed by atoms with Crippen LogP contribution in [0.25, 0.3) is 0 Å². The fourth-order valence-corrected chi connectivity index (χ4v) is 1.75. The SMILES string of the molecule is COCc1ccc(C(=O)Nc2ccc(NC(C)=O)cc2)o1. The van der Waals surface area contributed by atoms with Crippen molar-refractivity contribution in [1.82, 2.24) is 0 Å². The normalized spacial score (nSPS) is 10.2. The van der Waals surface area contributed by atoms with Gasteiger partial charge in [0.1, 0.15) is 12.4 Å². The molecule has 0 radical (unpaired) electrons. The molecular formula is C15H16N2O4. The van der Waals surface area contributed by atoms with Gasteiger partial charge in [-0.1, -0.05) is 0 Å². The van der Waals surface area contributed by atoms with Crippen LogP contribution < -0.4 is 10.6 Å². The lowest BCUT2D eigenvalue weighted by atomic mass is 10.2. The van der Waals surface area contributed by atoms with E-state index in [1.54, 1.807) is 43.5 Å².